The predicted octanol–water partition coefficient (Wildman–Crippen LogP) is 4.51. The maximum absolute atomic E-state index is 12.4. The number of rotatable bonds is 6. The van der Waals surface area contributed by atoms with Crippen molar-refractivity contribution in [2.45, 2.75) is 26.8 Å². The molecule has 2 rings (SSSR count). The van der Waals surface area contributed by atoms with Gasteiger partial charge in [-0.2, -0.15) is 5.26 Å². The number of methoxy groups -OCH3 is 1. The maximum atomic E-state index is 12.4. The number of hydrogen-bond donors (Lipinski definition) is 1. The molecule has 0 aliphatic heterocycles. The lowest BCUT2D eigenvalue weighted by Crippen LogP contribution is -2.14. The molecule has 0 spiro atoms. The molecule has 1 heterocycles. The van der Waals surface area contributed by atoms with Gasteiger partial charge in [-0.15, -0.1) is 0 Å². The van der Waals surface area contributed by atoms with E-state index in [2.05, 4.69) is 16.8 Å². The number of anilines is 1. The Kier molecular flexibility index (Phi) is 6.62. The first-order chi connectivity index (χ1) is 12.4. The molecule has 0 radical (unpaired) electrons. The summed E-state index contributed by atoms with van der Waals surface area (Å²) >= 11 is 5.92. The molecule has 26 heavy (non-hydrogen) atoms. The van der Waals surface area contributed by atoms with Crippen LogP contribution in [0.25, 0.3) is 6.08 Å². The molecule has 0 bridgehead atoms. The van der Waals surface area contributed by atoms with E-state index in [1.54, 1.807) is 37.5 Å². The summed E-state index contributed by atoms with van der Waals surface area (Å²) in [6, 6.07) is 10.9. The molecular weight excluding hydrogens is 350 g/mol. The average Bonchev–Trinajstić information content (AvgIpc) is 2.86. The summed E-state index contributed by atoms with van der Waals surface area (Å²) in [7, 11) is 1.67. The normalized spacial score (nSPS) is 12.5. The zero-order chi connectivity index (χ0) is 19.3. The third kappa shape index (κ3) is 4.54. The quantitative estimate of drug-likeness (QED) is 0.600. The van der Waals surface area contributed by atoms with Crippen LogP contribution in [0.2, 0.25) is 5.02 Å². The van der Waals surface area contributed by atoms with E-state index in [-0.39, 0.29) is 11.6 Å². The zero-order valence-electron chi connectivity index (χ0n) is 15.3. The second-order valence-electron chi connectivity index (χ2n) is 6.14. The van der Waals surface area contributed by atoms with E-state index in [1.165, 1.54) is 0 Å². The summed E-state index contributed by atoms with van der Waals surface area (Å²) in [6.07, 6.45) is 1.61. The van der Waals surface area contributed by atoms with Crippen molar-refractivity contribution < 1.29 is 9.53 Å². The monoisotopic (exact) mass is 371 g/mol. The van der Waals surface area contributed by atoms with Crippen molar-refractivity contribution in [3.63, 3.8) is 0 Å². The van der Waals surface area contributed by atoms with Crippen LogP contribution < -0.4 is 5.32 Å². The lowest BCUT2D eigenvalue weighted by molar-refractivity contribution is -0.112. The molecule has 1 aromatic heterocycles. The first kappa shape index (κ1) is 19.8. The minimum Gasteiger partial charge on any atom is -0.383 e. The Morgan fingerprint density at radius 1 is 1.42 bits per heavy atom. The van der Waals surface area contributed by atoms with Crippen LogP contribution >= 0.6 is 11.6 Å². The van der Waals surface area contributed by atoms with Gasteiger partial charge in [-0.3, -0.25) is 4.79 Å². The van der Waals surface area contributed by atoms with Crippen LogP contribution in [0, 0.1) is 25.2 Å². The van der Waals surface area contributed by atoms with Gasteiger partial charge in [0.1, 0.15) is 11.6 Å². The number of aryl methyl sites for hydroxylation is 1. The number of ether oxygens (including phenoxy) is 1. The molecule has 6 heteroatoms. The van der Waals surface area contributed by atoms with Gasteiger partial charge in [0.05, 0.1) is 12.6 Å². The molecule has 0 saturated heterocycles. The number of nitrogens with zero attached hydrogens (tertiary/aromatic N) is 2. The number of nitrogens with one attached hydrogen (secondary N) is 1. The van der Waals surface area contributed by atoms with E-state index >= 15 is 0 Å². The third-order valence-corrected chi connectivity index (χ3v) is 4.35. The summed E-state index contributed by atoms with van der Waals surface area (Å²) in [5.41, 5.74) is 3.44. The Morgan fingerprint density at radius 2 is 2.15 bits per heavy atom. The van der Waals surface area contributed by atoms with E-state index in [1.807, 2.05) is 26.0 Å². The van der Waals surface area contributed by atoms with Gasteiger partial charge in [0.2, 0.25) is 0 Å². The molecule has 1 unspecified atom stereocenters. The first-order valence-corrected chi connectivity index (χ1v) is 8.61. The molecule has 0 aliphatic carbocycles. The van der Waals surface area contributed by atoms with Crippen molar-refractivity contribution in [2.75, 3.05) is 19.0 Å². The Hall–Kier alpha value is -2.55. The third-order valence-electron chi connectivity index (χ3n) is 4.12. The van der Waals surface area contributed by atoms with Gasteiger partial charge < -0.3 is 14.6 Å². The van der Waals surface area contributed by atoms with Gasteiger partial charge in [0.25, 0.3) is 5.91 Å². The van der Waals surface area contributed by atoms with Crippen molar-refractivity contribution >= 4 is 29.3 Å². The van der Waals surface area contributed by atoms with Gasteiger partial charge in [0.15, 0.2) is 0 Å². The van der Waals surface area contributed by atoms with E-state index in [0.29, 0.717) is 17.3 Å². The van der Waals surface area contributed by atoms with Crippen LogP contribution in [0.4, 0.5) is 5.69 Å². The van der Waals surface area contributed by atoms with Crippen LogP contribution in [0.5, 0.6) is 0 Å². The van der Waals surface area contributed by atoms with Crippen LogP contribution in [-0.4, -0.2) is 24.2 Å². The summed E-state index contributed by atoms with van der Waals surface area (Å²) in [5.74, 6) is -0.468. The van der Waals surface area contributed by atoms with Crippen LogP contribution in [0.3, 0.4) is 0 Å². The lowest BCUT2D eigenvalue weighted by atomic mass is 10.1. The Balaban J connectivity index is 2.30. The smallest absolute Gasteiger partial charge is 0.266 e. The van der Waals surface area contributed by atoms with E-state index in [9.17, 15) is 10.1 Å². The zero-order valence-corrected chi connectivity index (χ0v) is 16.1. The Morgan fingerprint density at radius 3 is 2.77 bits per heavy atom. The molecule has 1 atom stereocenters. The highest BCUT2D eigenvalue weighted by molar-refractivity contribution is 6.31. The highest BCUT2D eigenvalue weighted by atomic mass is 35.5. The predicted molar refractivity (Wildman–Crippen MR) is 104 cm³/mol. The van der Waals surface area contributed by atoms with Crippen molar-refractivity contribution in [2.24, 2.45) is 0 Å². The second-order valence-corrected chi connectivity index (χ2v) is 6.57. The van der Waals surface area contributed by atoms with Gasteiger partial charge in [-0.1, -0.05) is 17.7 Å². The van der Waals surface area contributed by atoms with Gasteiger partial charge in [-0.25, -0.2) is 0 Å². The molecule has 5 nitrogen and oxygen atoms in total. The molecule has 2 aromatic rings. The van der Waals surface area contributed by atoms with Crippen molar-refractivity contribution in [3.05, 3.63) is 57.9 Å². The molecule has 0 saturated carbocycles. The topological polar surface area (TPSA) is 67.0 Å². The molecule has 136 valence electrons. The molecule has 1 N–H and O–H groups in total. The summed E-state index contributed by atoms with van der Waals surface area (Å²) in [5, 5.41) is 12.6. The number of benzene rings is 1. The fourth-order valence-electron chi connectivity index (χ4n) is 3.01. The molecular formula is C20H22ClN3O2. The van der Waals surface area contributed by atoms with E-state index in [0.717, 1.165) is 17.0 Å². The summed E-state index contributed by atoms with van der Waals surface area (Å²) in [4.78, 5) is 12.4. The van der Waals surface area contributed by atoms with E-state index < -0.39 is 5.91 Å². The number of carbonyl (C=O) groups excluding carboxylic acids is 1. The summed E-state index contributed by atoms with van der Waals surface area (Å²) < 4.78 is 7.37. The Bertz CT molecular complexity index is 878. The van der Waals surface area contributed by atoms with Crippen LogP contribution in [0.15, 0.2) is 35.9 Å². The lowest BCUT2D eigenvalue weighted by Gasteiger charge is -2.17. The maximum Gasteiger partial charge on any atom is 0.266 e. The first-order valence-electron chi connectivity index (χ1n) is 8.23. The number of hydrogen-bond acceptors (Lipinski definition) is 3. The number of aromatic nitrogens is 1. The second kappa shape index (κ2) is 8.70. The molecule has 0 fully saturated rings. The van der Waals surface area contributed by atoms with Gasteiger partial charge >= 0.3 is 0 Å². The minimum atomic E-state index is -0.468. The molecule has 0 aliphatic rings. The SMILES string of the molecule is COCC(C)n1c(C)cc(/C=C(/C#N)C(=O)Nc2cccc(Cl)c2)c1C. The highest BCUT2D eigenvalue weighted by Crippen LogP contribution is 2.23. The molecule has 1 amide bonds. The van der Waals surface area contributed by atoms with Gasteiger partial charge in [-0.05, 0) is 56.7 Å². The van der Waals surface area contributed by atoms with Crippen molar-refractivity contribution in [1.29, 1.82) is 5.26 Å². The molecule has 1 aromatic carbocycles. The fourth-order valence-corrected chi connectivity index (χ4v) is 3.20. The standard InChI is InChI=1S/C20H22ClN3O2/c1-13-8-16(15(3)24(13)14(2)12-26-4)9-17(11-22)20(25)23-19-7-5-6-18(21)10-19/h5-10,14H,12H2,1-4H3,(H,23,25)/b17-9-. The Labute approximate surface area is 158 Å². The largest absolute Gasteiger partial charge is 0.383 e. The van der Waals surface area contributed by atoms with Crippen molar-refractivity contribution in [3.8, 4) is 6.07 Å². The number of halogens is 1. The number of carbonyl (C=O) groups is 1. The van der Waals surface area contributed by atoms with Gasteiger partial charge in [0, 0.05) is 29.2 Å². The minimum absolute atomic E-state index is 0.0321. The number of amides is 1. The van der Waals surface area contributed by atoms with E-state index in [4.69, 9.17) is 16.3 Å². The van der Waals surface area contributed by atoms with Crippen LogP contribution in [-0.2, 0) is 9.53 Å². The highest BCUT2D eigenvalue weighted by Gasteiger charge is 2.16. The number of nitriles is 1. The average molecular weight is 372 g/mol. The van der Waals surface area contributed by atoms with Crippen molar-refractivity contribution in [1.82, 2.24) is 4.57 Å². The van der Waals surface area contributed by atoms with Crippen LogP contribution in [0.1, 0.15) is 29.9 Å². The fraction of sp³-hybridized carbons (Fsp3) is 0.300. The summed E-state index contributed by atoms with van der Waals surface area (Å²) in [6.45, 7) is 6.61.